The van der Waals surface area contributed by atoms with Gasteiger partial charge in [0.2, 0.25) is 5.91 Å². The molecule has 0 heterocycles. The van der Waals surface area contributed by atoms with Crippen LogP contribution in [0.2, 0.25) is 0 Å². The summed E-state index contributed by atoms with van der Waals surface area (Å²) in [7, 11) is 5.04. The van der Waals surface area contributed by atoms with Gasteiger partial charge in [-0.15, -0.1) is 11.8 Å². The van der Waals surface area contributed by atoms with Crippen molar-refractivity contribution in [3.8, 4) is 11.5 Å². The summed E-state index contributed by atoms with van der Waals surface area (Å²) in [6.07, 6.45) is 0.517. The molecule has 0 aliphatic rings. The van der Waals surface area contributed by atoms with E-state index in [1.807, 2.05) is 43.4 Å². The van der Waals surface area contributed by atoms with E-state index in [9.17, 15) is 4.79 Å². The molecule has 1 amide bonds. The number of carbonyl (C=O) groups is 1. The maximum atomic E-state index is 12.3. The van der Waals surface area contributed by atoms with Crippen LogP contribution < -0.4 is 9.47 Å². The second kappa shape index (κ2) is 9.23. The summed E-state index contributed by atoms with van der Waals surface area (Å²) >= 11 is 1.70. The Labute approximate surface area is 147 Å². The maximum Gasteiger partial charge on any atom is 0.223 e. The molecule has 2 aromatic rings. The van der Waals surface area contributed by atoms with Crippen LogP contribution in [0.1, 0.15) is 12.0 Å². The summed E-state index contributed by atoms with van der Waals surface area (Å²) < 4.78 is 10.5. The first-order valence-electron chi connectivity index (χ1n) is 7.76. The van der Waals surface area contributed by atoms with Crippen LogP contribution in [0.5, 0.6) is 11.5 Å². The number of thioether (sulfide) groups is 1. The summed E-state index contributed by atoms with van der Waals surface area (Å²) in [6.45, 7) is 0.551. The van der Waals surface area contributed by atoms with Crippen molar-refractivity contribution in [2.45, 2.75) is 17.9 Å². The van der Waals surface area contributed by atoms with Gasteiger partial charge >= 0.3 is 0 Å². The number of benzene rings is 2. The Morgan fingerprint density at radius 3 is 2.42 bits per heavy atom. The zero-order valence-corrected chi connectivity index (χ0v) is 15.1. The minimum Gasteiger partial charge on any atom is -0.493 e. The van der Waals surface area contributed by atoms with E-state index in [1.54, 1.807) is 30.9 Å². The summed E-state index contributed by atoms with van der Waals surface area (Å²) in [4.78, 5) is 15.2. The molecule has 4 nitrogen and oxygen atoms in total. The fraction of sp³-hybridized carbons (Fsp3) is 0.316. The van der Waals surface area contributed by atoms with Crippen LogP contribution in [0.3, 0.4) is 0 Å². The lowest BCUT2D eigenvalue weighted by atomic mass is 10.2. The van der Waals surface area contributed by atoms with Crippen molar-refractivity contribution in [3.63, 3.8) is 0 Å². The quantitative estimate of drug-likeness (QED) is 0.681. The Hall–Kier alpha value is -2.14. The normalized spacial score (nSPS) is 10.3. The predicted molar refractivity (Wildman–Crippen MR) is 97.8 cm³/mol. The molecule has 0 unspecified atom stereocenters. The van der Waals surface area contributed by atoms with E-state index in [0.29, 0.717) is 24.5 Å². The molecule has 0 atom stereocenters. The van der Waals surface area contributed by atoms with E-state index in [2.05, 4.69) is 12.1 Å². The van der Waals surface area contributed by atoms with Gasteiger partial charge in [0.05, 0.1) is 14.2 Å². The van der Waals surface area contributed by atoms with Crippen LogP contribution in [0, 0.1) is 0 Å². The number of amides is 1. The van der Waals surface area contributed by atoms with Gasteiger partial charge in [0, 0.05) is 30.7 Å². The van der Waals surface area contributed by atoms with Gasteiger partial charge in [-0.3, -0.25) is 4.79 Å². The van der Waals surface area contributed by atoms with E-state index >= 15 is 0 Å². The second-order valence-corrected chi connectivity index (χ2v) is 6.52. The largest absolute Gasteiger partial charge is 0.493 e. The van der Waals surface area contributed by atoms with Crippen LogP contribution >= 0.6 is 11.8 Å². The molecular weight excluding hydrogens is 322 g/mol. The third kappa shape index (κ3) is 5.20. The maximum absolute atomic E-state index is 12.3. The number of methoxy groups -OCH3 is 2. The molecule has 0 aliphatic carbocycles. The fourth-order valence-electron chi connectivity index (χ4n) is 2.30. The van der Waals surface area contributed by atoms with Crippen molar-refractivity contribution in [2.75, 3.05) is 27.0 Å². The second-order valence-electron chi connectivity index (χ2n) is 5.35. The molecule has 0 saturated heterocycles. The highest BCUT2D eigenvalue weighted by Gasteiger charge is 2.11. The van der Waals surface area contributed by atoms with Crippen LogP contribution in [0.15, 0.2) is 53.4 Å². The third-order valence-corrected chi connectivity index (χ3v) is 4.64. The zero-order chi connectivity index (χ0) is 17.4. The van der Waals surface area contributed by atoms with Crippen molar-refractivity contribution in [1.29, 1.82) is 0 Å². The first-order chi connectivity index (χ1) is 11.6. The van der Waals surface area contributed by atoms with Crippen LogP contribution in [0.25, 0.3) is 0 Å². The molecule has 0 N–H and O–H groups in total. The number of hydrogen-bond donors (Lipinski definition) is 0. The molecule has 2 aromatic carbocycles. The minimum absolute atomic E-state index is 0.133. The number of rotatable bonds is 8. The van der Waals surface area contributed by atoms with Crippen molar-refractivity contribution in [1.82, 2.24) is 4.90 Å². The minimum atomic E-state index is 0.133. The van der Waals surface area contributed by atoms with Crippen LogP contribution in [0.4, 0.5) is 0 Å². The number of hydrogen-bond acceptors (Lipinski definition) is 4. The topological polar surface area (TPSA) is 38.8 Å². The average Bonchev–Trinajstić information content (AvgIpc) is 2.62. The zero-order valence-electron chi connectivity index (χ0n) is 14.3. The van der Waals surface area contributed by atoms with Gasteiger partial charge in [0.1, 0.15) is 0 Å². The molecular formula is C19H23NO3S. The Morgan fingerprint density at radius 2 is 1.75 bits per heavy atom. The van der Waals surface area contributed by atoms with E-state index < -0.39 is 0 Å². The Kier molecular flexibility index (Phi) is 7.00. The summed E-state index contributed by atoms with van der Waals surface area (Å²) in [5.41, 5.74) is 1.01. The average molecular weight is 345 g/mol. The van der Waals surface area contributed by atoms with Gasteiger partial charge < -0.3 is 14.4 Å². The van der Waals surface area contributed by atoms with Crippen molar-refractivity contribution in [2.24, 2.45) is 0 Å². The Morgan fingerprint density at radius 1 is 1.04 bits per heavy atom. The highest BCUT2D eigenvalue weighted by Crippen LogP contribution is 2.28. The number of carbonyl (C=O) groups excluding carboxylic acids is 1. The molecule has 24 heavy (non-hydrogen) atoms. The molecule has 0 radical (unpaired) electrons. The van der Waals surface area contributed by atoms with Crippen molar-refractivity contribution >= 4 is 17.7 Å². The molecule has 0 bridgehead atoms. The lowest BCUT2D eigenvalue weighted by molar-refractivity contribution is -0.129. The first-order valence-corrected chi connectivity index (χ1v) is 8.75. The molecule has 0 fully saturated rings. The molecule has 128 valence electrons. The summed E-state index contributed by atoms with van der Waals surface area (Å²) in [5.74, 6) is 2.28. The lowest BCUT2D eigenvalue weighted by Crippen LogP contribution is -2.26. The Balaban J connectivity index is 1.85. The molecule has 0 spiro atoms. The highest BCUT2D eigenvalue weighted by atomic mass is 32.2. The van der Waals surface area contributed by atoms with Gasteiger partial charge in [0.15, 0.2) is 11.5 Å². The van der Waals surface area contributed by atoms with E-state index in [0.717, 1.165) is 11.3 Å². The van der Waals surface area contributed by atoms with Gasteiger partial charge in [-0.25, -0.2) is 0 Å². The predicted octanol–water partition coefficient (Wildman–Crippen LogP) is 3.84. The highest BCUT2D eigenvalue weighted by molar-refractivity contribution is 7.99. The summed E-state index contributed by atoms with van der Waals surface area (Å²) in [6, 6.07) is 15.8. The van der Waals surface area contributed by atoms with Gasteiger partial charge in [-0.05, 0) is 29.8 Å². The van der Waals surface area contributed by atoms with Crippen LogP contribution in [-0.4, -0.2) is 37.8 Å². The lowest BCUT2D eigenvalue weighted by Gasteiger charge is -2.18. The van der Waals surface area contributed by atoms with Gasteiger partial charge in [-0.2, -0.15) is 0 Å². The Bertz CT molecular complexity index is 661. The molecule has 0 saturated carbocycles. The van der Waals surface area contributed by atoms with Crippen LogP contribution in [-0.2, 0) is 11.3 Å². The van der Waals surface area contributed by atoms with Crippen molar-refractivity contribution in [3.05, 3.63) is 54.1 Å². The smallest absolute Gasteiger partial charge is 0.223 e. The van der Waals surface area contributed by atoms with E-state index in [1.165, 1.54) is 4.90 Å². The number of nitrogens with zero attached hydrogens (tertiary/aromatic N) is 1. The van der Waals surface area contributed by atoms with E-state index in [4.69, 9.17) is 9.47 Å². The van der Waals surface area contributed by atoms with E-state index in [-0.39, 0.29) is 5.91 Å². The molecule has 0 aromatic heterocycles. The molecule has 2 rings (SSSR count). The molecule has 0 aliphatic heterocycles. The fourth-order valence-corrected chi connectivity index (χ4v) is 3.17. The first kappa shape index (κ1) is 18.2. The number of ether oxygens (including phenoxy) is 2. The van der Waals surface area contributed by atoms with Gasteiger partial charge in [-0.1, -0.05) is 24.3 Å². The third-order valence-electron chi connectivity index (χ3n) is 3.62. The summed E-state index contributed by atoms with van der Waals surface area (Å²) in [5, 5.41) is 0. The van der Waals surface area contributed by atoms with Crippen molar-refractivity contribution < 1.29 is 14.3 Å². The van der Waals surface area contributed by atoms with Gasteiger partial charge in [0.25, 0.3) is 0 Å². The SMILES string of the molecule is COc1ccc(CN(C)C(=O)CCSc2ccccc2)cc1OC. The standard InChI is InChI=1S/C19H23NO3S/c1-20(14-15-9-10-17(22-2)18(13-15)23-3)19(21)11-12-24-16-7-5-4-6-8-16/h4-10,13H,11-12,14H2,1-3H3. The molecule has 5 heteroatoms. The monoisotopic (exact) mass is 345 g/mol.